The molecule has 6 nitrogen and oxygen atoms in total. The van der Waals surface area contributed by atoms with Crippen molar-refractivity contribution < 1.29 is 4.74 Å². The number of nitriles is 1. The minimum Gasteiger partial charge on any atom is -0.477 e. The molecule has 0 saturated carbocycles. The highest BCUT2D eigenvalue weighted by atomic mass is 35.5. The lowest BCUT2D eigenvalue weighted by Crippen LogP contribution is -2.57. The second kappa shape index (κ2) is 10.1. The van der Waals surface area contributed by atoms with Crippen LogP contribution in [0.5, 0.6) is 5.88 Å². The number of nitrogens with zero attached hydrogens (tertiary/aromatic N) is 5. The fourth-order valence-electron chi connectivity index (χ4n) is 6.19. The lowest BCUT2D eigenvalue weighted by Gasteiger charge is -2.53. The molecule has 0 aliphatic carbocycles. The van der Waals surface area contributed by atoms with E-state index in [1.165, 1.54) is 5.56 Å². The van der Waals surface area contributed by atoms with Gasteiger partial charge >= 0.3 is 0 Å². The van der Waals surface area contributed by atoms with Crippen molar-refractivity contribution in [1.29, 1.82) is 5.26 Å². The van der Waals surface area contributed by atoms with Gasteiger partial charge in [-0.2, -0.15) is 5.26 Å². The highest BCUT2D eigenvalue weighted by molar-refractivity contribution is 6.30. The van der Waals surface area contributed by atoms with Crippen LogP contribution in [0.3, 0.4) is 0 Å². The lowest BCUT2D eigenvalue weighted by molar-refractivity contribution is 0.121. The van der Waals surface area contributed by atoms with Gasteiger partial charge in [0.2, 0.25) is 5.88 Å². The molecule has 1 spiro atoms. The summed E-state index contributed by atoms with van der Waals surface area (Å²) in [6.45, 7) is 8.44. The molecule has 5 rings (SSSR count). The van der Waals surface area contributed by atoms with E-state index in [0.717, 1.165) is 61.7 Å². The van der Waals surface area contributed by atoms with Gasteiger partial charge in [0.15, 0.2) is 0 Å². The van der Waals surface area contributed by atoms with Crippen LogP contribution in [0, 0.1) is 17.2 Å². The quantitative estimate of drug-likeness (QED) is 0.447. The highest BCUT2D eigenvalue weighted by Gasteiger charge is 2.48. The second-order valence-corrected chi connectivity index (χ2v) is 10.3. The Morgan fingerprint density at radius 2 is 2.08 bits per heavy atom. The first kappa shape index (κ1) is 24.5. The number of piperidine rings is 1. The monoisotopic (exact) mass is 501 g/mol. The molecule has 1 aromatic carbocycles. The molecule has 2 aliphatic heterocycles. The summed E-state index contributed by atoms with van der Waals surface area (Å²) in [6, 6.07) is 16.4. The summed E-state index contributed by atoms with van der Waals surface area (Å²) in [5.41, 5.74) is 5.99. The predicted octanol–water partition coefficient (Wildman–Crippen LogP) is 5.69. The Morgan fingerprint density at radius 1 is 1.22 bits per heavy atom. The first-order valence-electron chi connectivity index (χ1n) is 12.7. The van der Waals surface area contributed by atoms with E-state index in [2.05, 4.69) is 47.0 Å². The molecule has 4 heterocycles. The van der Waals surface area contributed by atoms with E-state index in [1.807, 2.05) is 31.2 Å². The van der Waals surface area contributed by atoms with E-state index in [-0.39, 0.29) is 5.41 Å². The Bertz CT molecular complexity index is 1310. The summed E-state index contributed by atoms with van der Waals surface area (Å²) in [5, 5.41) is 10.3. The maximum absolute atomic E-state index is 9.71. The molecule has 3 aromatic rings. The third-order valence-electron chi connectivity index (χ3n) is 7.77. The summed E-state index contributed by atoms with van der Waals surface area (Å²) in [6.07, 6.45) is 3.82. The molecule has 0 amide bonds. The van der Waals surface area contributed by atoms with E-state index in [1.54, 1.807) is 12.3 Å². The number of aromatic nitrogens is 2. The molecular weight excluding hydrogens is 470 g/mol. The van der Waals surface area contributed by atoms with Gasteiger partial charge in [-0.3, -0.25) is 9.88 Å². The SMILES string of the molecule is CCOc1ncccc1-c1ccc2c(n1)CN(C)CC21CCN(c2ccc(Cl)cc2C#N)CC1CC. The maximum Gasteiger partial charge on any atom is 0.222 e. The van der Waals surface area contributed by atoms with Crippen LogP contribution < -0.4 is 9.64 Å². The zero-order chi connectivity index (χ0) is 25.3. The van der Waals surface area contributed by atoms with Crippen LogP contribution in [-0.4, -0.2) is 48.2 Å². The molecule has 0 bridgehead atoms. The van der Waals surface area contributed by atoms with Gasteiger partial charge in [-0.15, -0.1) is 0 Å². The number of rotatable bonds is 5. The van der Waals surface area contributed by atoms with Gasteiger partial charge in [0.25, 0.3) is 0 Å². The molecule has 2 unspecified atom stereocenters. The molecule has 0 N–H and O–H groups in total. The van der Waals surface area contributed by atoms with Gasteiger partial charge < -0.3 is 9.64 Å². The van der Waals surface area contributed by atoms with Crippen LogP contribution in [-0.2, 0) is 12.0 Å². The maximum atomic E-state index is 9.71. The second-order valence-electron chi connectivity index (χ2n) is 9.88. The Labute approximate surface area is 218 Å². The number of hydrogen-bond donors (Lipinski definition) is 0. The van der Waals surface area contributed by atoms with Crippen LogP contribution in [0.1, 0.15) is 43.5 Å². The largest absolute Gasteiger partial charge is 0.477 e. The van der Waals surface area contributed by atoms with Crippen molar-refractivity contribution in [3.8, 4) is 23.2 Å². The zero-order valence-corrected chi connectivity index (χ0v) is 21.9. The summed E-state index contributed by atoms with van der Waals surface area (Å²) in [4.78, 5) is 14.4. The van der Waals surface area contributed by atoms with Crippen molar-refractivity contribution in [1.82, 2.24) is 14.9 Å². The minimum atomic E-state index is 0.0238. The van der Waals surface area contributed by atoms with E-state index in [4.69, 9.17) is 21.3 Å². The topological polar surface area (TPSA) is 65.3 Å². The van der Waals surface area contributed by atoms with Crippen LogP contribution in [0.25, 0.3) is 11.3 Å². The normalized spacial score (nSPS) is 21.8. The zero-order valence-electron chi connectivity index (χ0n) is 21.2. The fourth-order valence-corrected chi connectivity index (χ4v) is 6.36. The standard InChI is InChI=1S/C29H32ClN5O/c1-4-21-17-35(27-11-8-22(30)15-20(27)16-31)14-12-29(21)19-34(3)18-26-24(29)9-10-25(33-26)23-7-6-13-32-28(23)36-5-2/h6-11,13,15,21H,4-5,12,14,17-19H2,1-3H3. The van der Waals surface area contributed by atoms with Crippen LogP contribution >= 0.6 is 11.6 Å². The Balaban J connectivity index is 1.51. The molecular formula is C29H32ClN5O. The predicted molar refractivity (Wildman–Crippen MR) is 143 cm³/mol. The van der Waals surface area contributed by atoms with Gasteiger partial charge in [0.05, 0.1) is 34.8 Å². The van der Waals surface area contributed by atoms with Crippen molar-refractivity contribution in [2.75, 3.05) is 38.2 Å². The Hall–Kier alpha value is -3.14. The molecule has 1 fully saturated rings. The molecule has 2 aliphatic rings. The number of benzene rings is 1. The number of fused-ring (bicyclic) bond motifs is 2. The van der Waals surface area contributed by atoms with E-state index in [9.17, 15) is 5.26 Å². The number of likely N-dealkylation sites (N-methyl/N-ethyl adjacent to an activating group) is 1. The molecule has 186 valence electrons. The lowest BCUT2D eigenvalue weighted by atomic mass is 9.62. The number of ether oxygens (including phenoxy) is 1. The smallest absolute Gasteiger partial charge is 0.222 e. The number of halogens is 1. The van der Waals surface area contributed by atoms with Crippen molar-refractivity contribution >= 4 is 17.3 Å². The third-order valence-corrected chi connectivity index (χ3v) is 8.01. The molecule has 7 heteroatoms. The first-order chi connectivity index (χ1) is 17.5. The van der Waals surface area contributed by atoms with Gasteiger partial charge in [-0.25, -0.2) is 4.98 Å². The molecule has 0 radical (unpaired) electrons. The summed E-state index contributed by atoms with van der Waals surface area (Å²) in [5.74, 6) is 1.06. The number of pyridine rings is 2. The highest BCUT2D eigenvalue weighted by Crippen LogP contribution is 2.47. The molecule has 2 aromatic heterocycles. The van der Waals surface area contributed by atoms with Gasteiger partial charge in [0, 0.05) is 42.8 Å². The number of hydrogen-bond acceptors (Lipinski definition) is 6. The van der Waals surface area contributed by atoms with Crippen LogP contribution in [0.4, 0.5) is 5.69 Å². The summed E-state index contributed by atoms with van der Waals surface area (Å²) in [7, 11) is 2.20. The van der Waals surface area contributed by atoms with E-state index >= 15 is 0 Å². The third kappa shape index (κ3) is 4.31. The summed E-state index contributed by atoms with van der Waals surface area (Å²) >= 11 is 6.17. The molecule has 1 saturated heterocycles. The molecule has 2 atom stereocenters. The van der Waals surface area contributed by atoms with E-state index < -0.39 is 0 Å². The van der Waals surface area contributed by atoms with Crippen molar-refractivity contribution in [2.24, 2.45) is 5.92 Å². The van der Waals surface area contributed by atoms with Crippen molar-refractivity contribution in [2.45, 2.75) is 38.6 Å². The van der Waals surface area contributed by atoms with Crippen LogP contribution in [0.15, 0.2) is 48.7 Å². The van der Waals surface area contributed by atoms with Gasteiger partial charge in [-0.05, 0) is 68.3 Å². The Kier molecular flexibility index (Phi) is 6.87. The minimum absolute atomic E-state index is 0.0238. The van der Waals surface area contributed by atoms with E-state index in [0.29, 0.717) is 29.0 Å². The first-order valence-corrected chi connectivity index (χ1v) is 13.1. The Morgan fingerprint density at radius 3 is 2.86 bits per heavy atom. The van der Waals surface area contributed by atoms with Crippen LogP contribution in [0.2, 0.25) is 5.02 Å². The average Bonchev–Trinajstić information content (AvgIpc) is 2.89. The van der Waals surface area contributed by atoms with Gasteiger partial charge in [-0.1, -0.05) is 31.0 Å². The summed E-state index contributed by atoms with van der Waals surface area (Å²) < 4.78 is 5.78. The van der Waals surface area contributed by atoms with Crippen molar-refractivity contribution in [3.63, 3.8) is 0 Å². The van der Waals surface area contributed by atoms with Crippen molar-refractivity contribution in [3.05, 3.63) is 70.5 Å². The average molecular weight is 502 g/mol. The fraction of sp³-hybridized carbons (Fsp3) is 0.414. The number of anilines is 1. The van der Waals surface area contributed by atoms with Gasteiger partial charge in [0.1, 0.15) is 6.07 Å². The molecule has 36 heavy (non-hydrogen) atoms.